The number of benzene rings is 2. The van der Waals surface area contributed by atoms with E-state index in [-0.39, 0.29) is 11.7 Å². The Balaban J connectivity index is 2.93. The molecule has 0 aliphatic carbocycles. The zero-order valence-corrected chi connectivity index (χ0v) is 15.4. The number of nitrogens with zero attached hydrogens (tertiary/aromatic N) is 1. The third kappa shape index (κ3) is 3.40. The van der Waals surface area contributed by atoms with Gasteiger partial charge in [0.25, 0.3) is 0 Å². The van der Waals surface area contributed by atoms with E-state index >= 15 is 0 Å². The van der Waals surface area contributed by atoms with Crippen LogP contribution in [-0.4, -0.2) is 7.11 Å². The third-order valence-corrected chi connectivity index (χ3v) is 4.46. The Hall–Kier alpha value is -1.87. The van der Waals surface area contributed by atoms with Gasteiger partial charge in [-0.25, -0.2) is 4.39 Å². The van der Waals surface area contributed by atoms with Crippen molar-refractivity contribution in [1.29, 1.82) is 5.26 Å². The first-order valence-corrected chi connectivity index (χ1v) is 8.24. The number of methoxy groups -OCH3 is 1. The standard InChI is InChI=1S/C19H17FINO/c1-11(2)15-9-16(21)19(23-4)18(17(15)12(3)10-22)13-5-7-14(20)8-6-13/h5-9,11H,3H2,1-2,4H3. The van der Waals surface area contributed by atoms with Gasteiger partial charge in [0.05, 0.1) is 22.3 Å². The van der Waals surface area contributed by atoms with Crippen LogP contribution in [0.25, 0.3) is 16.7 Å². The Labute approximate surface area is 149 Å². The Morgan fingerprint density at radius 2 is 1.91 bits per heavy atom. The number of ether oxygens (including phenoxy) is 1. The van der Waals surface area contributed by atoms with Crippen LogP contribution in [-0.2, 0) is 0 Å². The molecule has 0 saturated carbocycles. The number of halogens is 2. The van der Waals surface area contributed by atoms with Gasteiger partial charge in [-0.1, -0.05) is 32.6 Å². The van der Waals surface area contributed by atoms with Gasteiger partial charge in [-0.05, 0) is 57.8 Å². The maximum absolute atomic E-state index is 13.3. The molecule has 0 bridgehead atoms. The Morgan fingerprint density at radius 3 is 2.39 bits per heavy atom. The number of hydrogen-bond donors (Lipinski definition) is 0. The molecule has 0 fully saturated rings. The van der Waals surface area contributed by atoms with Crippen LogP contribution >= 0.6 is 22.6 Å². The lowest BCUT2D eigenvalue weighted by Crippen LogP contribution is -2.03. The highest BCUT2D eigenvalue weighted by atomic mass is 127. The summed E-state index contributed by atoms with van der Waals surface area (Å²) >= 11 is 2.22. The minimum absolute atomic E-state index is 0.216. The molecule has 0 radical (unpaired) electrons. The van der Waals surface area contributed by atoms with Crippen LogP contribution in [0.4, 0.5) is 4.39 Å². The fraction of sp³-hybridized carbons (Fsp3) is 0.211. The first-order valence-electron chi connectivity index (χ1n) is 7.16. The van der Waals surface area contributed by atoms with Crippen LogP contribution in [0, 0.1) is 20.7 Å². The second-order valence-corrected chi connectivity index (χ2v) is 6.65. The molecule has 2 aromatic carbocycles. The Morgan fingerprint density at radius 1 is 1.30 bits per heavy atom. The van der Waals surface area contributed by atoms with Crippen molar-refractivity contribution < 1.29 is 9.13 Å². The van der Waals surface area contributed by atoms with E-state index in [0.717, 1.165) is 25.8 Å². The molecule has 23 heavy (non-hydrogen) atoms. The van der Waals surface area contributed by atoms with Crippen molar-refractivity contribution in [2.24, 2.45) is 0 Å². The average molecular weight is 421 g/mol. The average Bonchev–Trinajstić information content (AvgIpc) is 2.53. The molecule has 0 aromatic heterocycles. The molecule has 0 saturated heterocycles. The van der Waals surface area contributed by atoms with Crippen LogP contribution in [0.5, 0.6) is 5.75 Å². The van der Waals surface area contributed by atoms with Gasteiger partial charge < -0.3 is 4.74 Å². The van der Waals surface area contributed by atoms with E-state index in [1.54, 1.807) is 19.2 Å². The van der Waals surface area contributed by atoms with Crippen LogP contribution in [0.15, 0.2) is 36.9 Å². The number of allylic oxidation sites excluding steroid dienone is 1. The van der Waals surface area contributed by atoms with Gasteiger partial charge in [0.2, 0.25) is 0 Å². The smallest absolute Gasteiger partial charge is 0.140 e. The largest absolute Gasteiger partial charge is 0.495 e. The summed E-state index contributed by atoms with van der Waals surface area (Å²) in [5, 5.41) is 9.39. The molecule has 2 rings (SSSR count). The monoisotopic (exact) mass is 421 g/mol. The number of hydrogen-bond acceptors (Lipinski definition) is 2. The van der Waals surface area contributed by atoms with E-state index in [9.17, 15) is 9.65 Å². The normalized spacial score (nSPS) is 10.5. The second-order valence-electron chi connectivity index (χ2n) is 5.48. The maximum atomic E-state index is 13.3. The molecule has 0 aliphatic heterocycles. The Bertz CT molecular complexity index is 788. The van der Waals surface area contributed by atoms with E-state index in [1.807, 2.05) is 6.07 Å². The predicted molar refractivity (Wildman–Crippen MR) is 99.8 cm³/mol. The van der Waals surface area contributed by atoms with Crippen LogP contribution in [0.1, 0.15) is 30.9 Å². The first kappa shape index (κ1) is 17.5. The van der Waals surface area contributed by atoms with Gasteiger partial charge in [0, 0.05) is 11.1 Å². The van der Waals surface area contributed by atoms with E-state index in [0.29, 0.717) is 11.3 Å². The summed E-state index contributed by atoms with van der Waals surface area (Å²) in [5.74, 6) is 0.588. The third-order valence-electron chi connectivity index (χ3n) is 3.66. The quantitative estimate of drug-likeness (QED) is 0.464. The summed E-state index contributed by atoms with van der Waals surface area (Å²) in [5.41, 5.74) is 3.76. The molecular weight excluding hydrogens is 404 g/mol. The van der Waals surface area contributed by atoms with Crippen molar-refractivity contribution in [2.75, 3.05) is 7.11 Å². The molecule has 0 unspecified atom stereocenters. The molecule has 0 spiro atoms. The fourth-order valence-corrected chi connectivity index (χ4v) is 3.40. The van der Waals surface area contributed by atoms with E-state index in [4.69, 9.17) is 4.74 Å². The lowest BCUT2D eigenvalue weighted by atomic mass is 9.86. The van der Waals surface area contributed by atoms with Crippen molar-refractivity contribution in [1.82, 2.24) is 0 Å². The number of rotatable bonds is 4. The van der Waals surface area contributed by atoms with Gasteiger partial charge in [-0.3, -0.25) is 0 Å². The summed E-state index contributed by atoms with van der Waals surface area (Å²) in [7, 11) is 1.60. The topological polar surface area (TPSA) is 33.0 Å². The van der Waals surface area contributed by atoms with E-state index in [2.05, 4.69) is 49.1 Å². The molecule has 0 aliphatic rings. The zero-order valence-electron chi connectivity index (χ0n) is 13.3. The summed E-state index contributed by atoms with van der Waals surface area (Å²) < 4.78 is 19.8. The zero-order chi connectivity index (χ0) is 17.1. The van der Waals surface area contributed by atoms with Gasteiger partial charge in [0.1, 0.15) is 11.6 Å². The minimum Gasteiger partial charge on any atom is -0.495 e. The summed E-state index contributed by atoms with van der Waals surface area (Å²) in [6.45, 7) is 8.04. The maximum Gasteiger partial charge on any atom is 0.140 e. The second kappa shape index (κ2) is 7.14. The highest BCUT2D eigenvalue weighted by Crippen LogP contribution is 2.43. The van der Waals surface area contributed by atoms with Gasteiger partial charge in [-0.15, -0.1) is 0 Å². The first-order chi connectivity index (χ1) is 10.9. The highest BCUT2D eigenvalue weighted by Gasteiger charge is 2.22. The lowest BCUT2D eigenvalue weighted by Gasteiger charge is -2.21. The molecule has 0 heterocycles. The fourth-order valence-electron chi connectivity index (χ4n) is 2.58. The SMILES string of the molecule is C=C(C#N)c1c(C(C)C)cc(I)c(OC)c1-c1ccc(F)cc1. The summed E-state index contributed by atoms with van der Waals surface area (Å²) in [4.78, 5) is 0. The summed E-state index contributed by atoms with van der Waals surface area (Å²) in [6, 6.07) is 10.4. The van der Waals surface area contributed by atoms with Gasteiger partial charge >= 0.3 is 0 Å². The highest BCUT2D eigenvalue weighted by molar-refractivity contribution is 14.1. The van der Waals surface area contributed by atoms with Crippen molar-refractivity contribution >= 4 is 28.2 Å². The van der Waals surface area contributed by atoms with Gasteiger partial charge in [-0.2, -0.15) is 5.26 Å². The lowest BCUT2D eigenvalue weighted by molar-refractivity contribution is 0.413. The van der Waals surface area contributed by atoms with Crippen LogP contribution in [0.3, 0.4) is 0 Å². The molecule has 2 nitrogen and oxygen atoms in total. The predicted octanol–water partition coefficient (Wildman–Crippen LogP) is 5.77. The Kier molecular flexibility index (Phi) is 5.42. The van der Waals surface area contributed by atoms with Crippen LogP contribution < -0.4 is 4.74 Å². The van der Waals surface area contributed by atoms with E-state index < -0.39 is 0 Å². The summed E-state index contributed by atoms with van der Waals surface area (Å²) in [6.07, 6.45) is 0. The van der Waals surface area contributed by atoms with Gasteiger partial charge in [0.15, 0.2) is 0 Å². The molecule has 4 heteroatoms. The van der Waals surface area contributed by atoms with Crippen molar-refractivity contribution in [2.45, 2.75) is 19.8 Å². The number of nitriles is 1. The molecular formula is C19H17FINO. The van der Waals surface area contributed by atoms with Crippen molar-refractivity contribution in [3.8, 4) is 22.9 Å². The van der Waals surface area contributed by atoms with E-state index in [1.165, 1.54) is 12.1 Å². The van der Waals surface area contributed by atoms with Crippen LogP contribution in [0.2, 0.25) is 0 Å². The van der Waals surface area contributed by atoms with Crippen molar-refractivity contribution in [3.05, 3.63) is 57.4 Å². The molecule has 2 aromatic rings. The molecule has 0 atom stereocenters. The minimum atomic E-state index is -0.303. The molecule has 0 N–H and O–H groups in total. The van der Waals surface area contributed by atoms with Crippen molar-refractivity contribution in [3.63, 3.8) is 0 Å². The molecule has 118 valence electrons. The molecule has 0 amide bonds.